The second-order valence-corrected chi connectivity index (χ2v) is 8.69. The van der Waals surface area contributed by atoms with Gasteiger partial charge in [-0.2, -0.15) is 0 Å². The van der Waals surface area contributed by atoms with Crippen molar-refractivity contribution < 1.29 is 14.3 Å². The average Bonchev–Trinajstić information content (AvgIpc) is 3.35. The van der Waals surface area contributed by atoms with Crippen LogP contribution in [0.4, 0.5) is 5.13 Å². The van der Waals surface area contributed by atoms with E-state index in [1.807, 2.05) is 48.5 Å². The second-order valence-electron chi connectivity index (χ2n) is 7.43. The van der Waals surface area contributed by atoms with Crippen LogP contribution >= 0.6 is 22.9 Å². The van der Waals surface area contributed by atoms with Gasteiger partial charge in [0.05, 0.1) is 28.2 Å². The molecule has 5 rings (SSSR count). The first-order valence-electron chi connectivity index (χ1n) is 10.6. The SMILES string of the molecule is O=C(COC(=O)c1cc(-c2ccccn2)nc2ccccc12)Nc1nc(-c2ccccc2Cl)cs1. The van der Waals surface area contributed by atoms with Gasteiger partial charge in [0.2, 0.25) is 0 Å². The summed E-state index contributed by atoms with van der Waals surface area (Å²) in [6, 6.07) is 21.6. The maximum atomic E-state index is 12.9. The molecule has 0 atom stereocenters. The Kier molecular flexibility index (Phi) is 6.47. The van der Waals surface area contributed by atoms with E-state index in [-0.39, 0.29) is 0 Å². The molecule has 0 saturated carbocycles. The van der Waals surface area contributed by atoms with Crippen LogP contribution in [0.3, 0.4) is 0 Å². The summed E-state index contributed by atoms with van der Waals surface area (Å²) in [4.78, 5) is 38.7. The molecule has 0 aliphatic heterocycles. The van der Waals surface area contributed by atoms with Gasteiger partial charge in [-0.25, -0.2) is 14.8 Å². The Labute approximate surface area is 209 Å². The summed E-state index contributed by atoms with van der Waals surface area (Å²) in [7, 11) is 0. The number of carbonyl (C=O) groups is 2. The van der Waals surface area contributed by atoms with E-state index in [4.69, 9.17) is 16.3 Å². The third-order valence-corrected chi connectivity index (χ3v) is 6.19. The van der Waals surface area contributed by atoms with Gasteiger partial charge in [0.1, 0.15) is 0 Å². The lowest BCUT2D eigenvalue weighted by molar-refractivity contribution is -0.119. The normalized spacial score (nSPS) is 10.8. The van der Waals surface area contributed by atoms with Crippen LogP contribution in [0.2, 0.25) is 5.02 Å². The number of fused-ring (bicyclic) bond motifs is 1. The minimum Gasteiger partial charge on any atom is -0.452 e. The number of benzene rings is 2. The molecule has 1 amide bonds. The van der Waals surface area contributed by atoms with Crippen molar-refractivity contribution in [2.24, 2.45) is 0 Å². The first kappa shape index (κ1) is 22.6. The molecule has 172 valence electrons. The van der Waals surface area contributed by atoms with Crippen molar-refractivity contribution in [3.05, 3.63) is 95.0 Å². The van der Waals surface area contributed by atoms with Crippen molar-refractivity contribution in [2.75, 3.05) is 11.9 Å². The maximum absolute atomic E-state index is 12.9. The Morgan fingerprint density at radius 1 is 0.914 bits per heavy atom. The van der Waals surface area contributed by atoms with E-state index in [2.05, 4.69) is 20.3 Å². The van der Waals surface area contributed by atoms with Gasteiger partial charge >= 0.3 is 5.97 Å². The van der Waals surface area contributed by atoms with Crippen molar-refractivity contribution in [3.63, 3.8) is 0 Å². The van der Waals surface area contributed by atoms with Crippen LogP contribution in [0.25, 0.3) is 33.5 Å². The van der Waals surface area contributed by atoms with E-state index in [0.29, 0.717) is 43.7 Å². The lowest BCUT2D eigenvalue weighted by Crippen LogP contribution is -2.21. The number of para-hydroxylation sites is 1. The molecule has 3 heterocycles. The zero-order valence-electron chi connectivity index (χ0n) is 18.1. The smallest absolute Gasteiger partial charge is 0.339 e. The quantitative estimate of drug-likeness (QED) is 0.293. The fourth-order valence-electron chi connectivity index (χ4n) is 3.48. The zero-order chi connectivity index (χ0) is 24.2. The average molecular weight is 501 g/mol. The Hall–Kier alpha value is -4.14. The molecule has 0 fully saturated rings. The van der Waals surface area contributed by atoms with E-state index < -0.39 is 18.5 Å². The highest BCUT2D eigenvalue weighted by atomic mass is 35.5. The molecule has 9 heteroatoms. The second kappa shape index (κ2) is 10.0. The van der Waals surface area contributed by atoms with E-state index in [1.54, 1.807) is 35.8 Å². The van der Waals surface area contributed by atoms with E-state index in [9.17, 15) is 9.59 Å². The lowest BCUT2D eigenvalue weighted by atomic mass is 10.1. The number of rotatable bonds is 6. The number of halogens is 1. The molecule has 35 heavy (non-hydrogen) atoms. The molecule has 3 aromatic heterocycles. The Balaban J connectivity index is 1.30. The van der Waals surface area contributed by atoms with Crippen LogP contribution in [-0.2, 0) is 9.53 Å². The fourth-order valence-corrected chi connectivity index (χ4v) is 4.44. The van der Waals surface area contributed by atoms with E-state index in [1.165, 1.54) is 11.3 Å². The monoisotopic (exact) mass is 500 g/mol. The first-order chi connectivity index (χ1) is 17.1. The summed E-state index contributed by atoms with van der Waals surface area (Å²) >= 11 is 7.48. The van der Waals surface area contributed by atoms with Gasteiger partial charge in [-0.15, -0.1) is 11.3 Å². The molecule has 1 N–H and O–H groups in total. The number of ether oxygens (including phenoxy) is 1. The highest BCUT2D eigenvalue weighted by Crippen LogP contribution is 2.30. The van der Waals surface area contributed by atoms with Gasteiger partial charge in [-0.3, -0.25) is 15.1 Å². The van der Waals surface area contributed by atoms with Crippen LogP contribution in [0, 0.1) is 0 Å². The van der Waals surface area contributed by atoms with Crippen LogP contribution in [-0.4, -0.2) is 33.4 Å². The lowest BCUT2D eigenvalue weighted by Gasteiger charge is -2.09. The van der Waals surface area contributed by atoms with Crippen LogP contribution in [0.15, 0.2) is 84.4 Å². The molecule has 0 unspecified atom stereocenters. The van der Waals surface area contributed by atoms with Gasteiger partial charge < -0.3 is 4.74 Å². The molecule has 0 aliphatic carbocycles. The number of amides is 1. The van der Waals surface area contributed by atoms with Crippen LogP contribution in [0.5, 0.6) is 0 Å². The molecule has 0 aliphatic rings. The number of thiazole rings is 1. The van der Waals surface area contributed by atoms with Gasteiger partial charge in [-0.1, -0.05) is 54.1 Å². The molecular formula is C26H17ClN4O3S. The summed E-state index contributed by atoms with van der Waals surface area (Å²) in [6.07, 6.45) is 1.66. The molecule has 7 nitrogen and oxygen atoms in total. The summed E-state index contributed by atoms with van der Waals surface area (Å²) in [6.45, 7) is -0.463. The fraction of sp³-hybridized carbons (Fsp3) is 0.0385. The van der Waals surface area contributed by atoms with Crippen molar-refractivity contribution in [1.82, 2.24) is 15.0 Å². The molecule has 0 saturated heterocycles. The molecule has 0 bridgehead atoms. The molecule has 0 spiro atoms. The Morgan fingerprint density at radius 2 is 1.71 bits per heavy atom. The van der Waals surface area contributed by atoms with Crippen molar-refractivity contribution in [2.45, 2.75) is 0 Å². The van der Waals surface area contributed by atoms with E-state index in [0.717, 1.165) is 5.56 Å². The number of nitrogens with zero attached hydrogens (tertiary/aromatic N) is 3. The predicted octanol–water partition coefficient (Wildman–Crippen LogP) is 5.87. The standard InChI is InChI=1S/C26H17ClN4O3S/c27-19-9-3-1-8-17(19)23-15-35-26(30-23)31-24(32)14-34-25(33)18-13-22(21-11-5-6-12-28-21)29-20-10-4-2-7-16(18)20/h1-13,15H,14H2,(H,30,31,32). The van der Waals surface area contributed by atoms with Gasteiger partial charge in [0, 0.05) is 27.5 Å². The summed E-state index contributed by atoms with van der Waals surface area (Å²) in [5.74, 6) is -1.13. The number of carbonyl (C=O) groups excluding carboxylic acids is 2. The number of aromatic nitrogens is 3. The van der Waals surface area contributed by atoms with Gasteiger partial charge in [0.25, 0.3) is 5.91 Å². The molecule has 0 radical (unpaired) electrons. The van der Waals surface area contributed by atoms with E-state index >= 15 is 0 Å². The zero-order valence-corrected chi connectivity index (χ0v) is 19.7. The minimum atomic E-state index is -0.633. The van der Waals surface area contributed by atoms with Crippen molar-refractivity contribution >= 4 is 50.8 Å². The Morgan fingerprint density at radius 3 is 2.54 bits per heavy atom. The number of hydrogen-bond donors (Lipinski definition) is 1. The number of anilines is 1. The van der Waals surface area contributed by atoms with Crippen LogP contribution in [0.1, 0.15) is 10.4 Å². The highest BCUT2D eigenvalue weighted by Gasteiger charge is 2.17. The number of pyridine rings is 2. The molecule has 2 aromatic carbocycles. The maximum Gasteiger partial charge on any atom is 0.339 e. The molecular weight excluding hydrogens is 484 g/mol. The van der Waals surface area contributed by atoms with Crippen molar-refractivity contribution in [3.8, 4) is 22.6 Å². The van der Waals surface area contributed by atoms with Gasteiger partial charge in [0.15, 0.2) is 11.7 Å². The summed E-state index contributed by atoms with van der Waals surface area (Å²) in [5, 5.41) is 6.03. The third kappa shape index (κ3) is 5.03. The molecule has 5 aromatic rings. The highest BCUT2D eigenvalue weighted by molar-refractivity contribution is 7.14. The largest absolute Gasteiger partial charge is 0.452 e. The minimum absolute atomic E-state index is 0.305. The number of hydrogen-bond acceptors (Lipinski definition) is 7. The number of nitrogens with one attached hydrogen (secondary N) is 1. The van der Waals surface area contributed by atoms with Crippen LogP contribution < -0.4 is 5.32 Å². The van der Waals surface area contributed by atoms with Gasteiger partial charge in [-0.05, 0) is 30.3 Å². The first-order valence-corrected chi connectivity index (χ1v) is 11.8. The van der Waals surface area contributed by atoms with Crippen molar-refractivity contribution in [1.29, 1.82) is 0 Å². The number of esters is 1. The summed E-state index contributed by atoms with van der Waals surface area (Å²) in [5.41, 5.74) is 3.52. The third-order valence-electron chi connectivity index (χ3n) is 5.10. The Bertz CT molecular complexity index is 1540. The predicted molar refractivity (Wildman–Crippen MR) is 136 cm³/mol. The topological polar surface area (TPSA) is 94.1 Å². The summed E-state index contributed by atoms with van der Waals surface area (Å²) < 4.78 is 5.33.